The summed E-state index contributed by atoms with van der Waals surface area (Å²) >= 11 is 12.5. The van der Waals surface area contributed by atoms with Crippen molar-refractivity contribution < 1.29 is 14.3 Å². The maximum absolute atomic E-state index is 12.5. The molecular formula is C28H25Cl2N3O3. The van der Waals surface area contributed by atoms with E-state index >= 15 is 0 Å². The molecule has 0 bridgehead atoms. The van der Waals surface area contributed by atoms with Crippen molar-refractivity contribution in [1.29, 1.82) is 0 Å². The number of carbonyl (C=O) groups is 1. The zero-order chi connectivity index (χ0) is 25.5. The normalized spacial score (nSPS) is 11.0. The molecule has 0 unspecified atom stereocenters. The van der Waals surface area contributed by atoms with Gasteiger partial charge in [0.2, 0.25) is 5.91 Å². The highest BCUT2D eigenvalue weighted by Gasteiger charge is 2.09. The number of methoxy groups -OCH3 is 1. The molecule has 0 radical (unpaired) electrons. The van der Waals surface area contributed by atoms with Crippen molar-refractivity contribution in [3.8, 4) is 11.5 Å². The van der Waals surface area contributed by atoms with Crippen molar-refractivity contribution in [3.63, 3.8) is 0 Å². The Labute approximate surface area is 220 Å². The predicted molar refractivity (Wildman–Crippen MR) is 144 cm³/mol. The van der Waals surface area contributed by atoms with Gasteiger partial charge in [0.25, 0.3) is 0 Å². The van der Waals surface area contributed by atoms with E-state index in [4.69, 9.17) is 32.7 Å². The van der Waals surface area contributed by atoms with Crippen LogP contribution in [0.1, 0.15) is 22.3 Å². The Morgan fingerprint density at radius 2 is 1.81 bits per heavy atom. The summed E-state index contributed by atoms with van der Waals surface area (Å²) in [6.45, 7) is 2.73. The van der Waals surface area contributed by atoms with Gasteiger partial charge in [0.15, 0.2) is 5.82 Å². The minimum absolute atomic E-state index is 0.301. The molecule has 6 nitrogen and oxygen atoms in total. The van der Waals surface area contributed by atoms with Gasteiger partial charge in [0.1, 0.15) is 18.1 Å². The summed E-state index contributed by atoms with van der Waals surface area (Å²) < 4.78 is 13.1. The molecule has 184 valence electrons. The molecule has 0 saturated heterocycles. The largest absolute Gasteiger partial charge is 0.496 e. The standard InChI is InChI=1S/C28H25Cl2N3O3/c1-19-6-3-4-9-25(19)36-18-21-16-20(10-12-26(21)35-2)11-13-28(34)31-27-14-15-33(32-27)17-22-23(29)7-5-8-24(22)30/h3-16H,17-18H2,1-2H3,(H,31,32,34)/b13-11+. The highest BCUT2D eigenvalue weighted by Crippen LogP contribution is 2.26. The second-order valence-corrected chi connectivity index (χ2v) is 8.86. The molecule has 1 aromatic heterocycles. The van der Waals surface area contributed by atoms with Gasteiger partial charge >= 0.3 is 0 Å². The van der Waals surface area contributed by atoms with Crippen LogP contribution < -0.4 is 14.8 Å². The maximum Gasteiger partial charge on any atom is 0.249 e. The quantitative estimate of drug-likeness (QED) is 0.246. The van der Waals surface area contributed by atoms with Gasteiger partial charge in [-0.15, -0.1) is 0 Å². The van der Waals surface area contributed by atoms with E-state index in [9.17, 15) is 4.79 Å². The van der Waals surface area contributed by atoms with Crippen molar-refractivity contribution in [2.24, 2.45) is 0 Å². The van der Waals surface area contributed by atoms with Gasteiger partial charge < -0.3 is 14.8 Å². The van der Waals surface area contributed by atoms with Crippen molar-refractivity contribution in [2.75, 3.05) is 12.4 Å². The fraction of sp³-hybridized carbons (Fsp3) is 0.143. The van der Waals surface area contributed by atoms with Crippen LogP contribution in [-0.2, 0) is 17.9 Å². The fourth-order valence-electron chi connectivity index (χ4n) is 3.59. The molecule has 0 spiro atoms. The first-order valence-corrected chi connectivity index (χ1v) is 12.0. The number of para-hydroxylation sites is 1. The Morgan fingerprint density at radius 3 is 2.56 bits per heavy atom. The number of aryl methyl sites for hydroxylation is 1. The first-order chi connectivity index (χ1) is 17.4. The van der Waals surface area contributed by atoms with E-state index in [-0.39, 0.29) is 5.91 Å². The Bertz CT molecular complexity index is 1380. The van der Waals surface area contributed by atoms with Gasteiger partial charge in [-0.3, -0.25) is 9.48 Å². The van der Waals surface area contributed by atoms with E-state index in [0.29, 0.717) is 34.8 Å². The van der Waals surface area contributed by atoms with Crippen LogP contribution in [-0.4, -0.2) is 22.8 Å². The van der Waals surface area contributed by atoms with E-state index in [1.165, 1.54) is 6.08 Å². The van der Waals surface area contributed by atoms with Gasteiger partial charge in [-0.1, -0.05) is 53.5 Å². The first kappa shape index (κ1) is 25.4. The Balaban J connectivity index is 1.39. The van der Waals surface area contributed by atoms with Crippen LogP contribution in [0, 0.1) is 6.92 Å². The van der Waals surface area contributed by atoms with Crippen molar-refractivity contribution in [2.45, 2.75) is 20.1 Å². The molecule has 1 amide bonds. The molecule has 0 aliphatic carbocycles. The van der Waals surface area contributed by atoms with Crippen molar-refractivity contribution in [3.05, 3.63) is 111 Å². The summed E-state index contributed by atoms with van der Waals surface area (Å²) in [4.78, 5) is 12.5. The number of halogens is 2. The smallest absolute Gasteiger partial charge is 0.249 e. The van der Waals surface area contributed by atoms with Crippen LogP contribution in [0.3, 0.4) is 0 Å². The van der Waals surface area contributed by atoms with E-state index in [2.05, 4.69) is 10.4 Å². The highest BCUT2D eigenvalue weighted by atomic mass is 35.5. The number of hydrogen-bond donors (Lipinski definition) is 1. The van der Waals surface area contributed by atoms with Crippen LogP contribution in [0.4, 0.5) is 5.82 Å². The monoisotopic (exact) mass is 521 g/mol. The second kappa shape index (κ2) is 11.8. The number of anilines is 1. The molecule has 0 fully saturated rings. The van der Waals surface area contributed by atoms with Gasteiger partial charge in [-0.2, -0.15) is 5.10 Å². The van der Waals surface area contributed by atoms with Gasteiger partial charge in [0.05, 0.1) is 13.7 Å². The minimum atomic E-state index is -0.301. The van der Waals surface area contributed by atoms with Gasteiger partial charge in [0, 0.05) is 39.5 Å². The highest BCUT2D eigenvalue weighted by molar-refractivity contribution is 6.35. The average Bonchev–Trinajstić information content (AvgIpc) is 3.31. The van der Waals surface area contributed by atoms with E-state index in [1.807, 2.05) is 49.4 Å². The Kier molecular flexibility index (Phi) is 8.31. The zero-order valence-corrected chi connectivity index (χ0v) is 21.4. The number of amides is 1. The SMILES string of the molecule is COc1ccc(/C=C/C(=O)Nc2ccn(Cc3c(Cl)cccc3Cl)n2)cc1COc1ccccc1C. The lowest BCUT2D eigenvalue weighted by Crippen LogP contribution is -2.09. The molecule has 8 heteroatoms. The molecule has 0 saturated carbocycles. The third kappa shape index (κ3) is 6.47. The van der Waals surface area contributed by atoms with Crippen LogP contribution in [0.2, 0.25) is 10.0 Å². The van der Waals surface area contributed by atoms with Crippen LogP contribution >= 0.6 is 23.2 Å². The third-order valence-electron chi connectivity index (χ3n) is 5.48. The number of benzene rings is 3. The fourth-order valence-corrected chi connectivity index (χ4v) is 4.11. The lowest BCUT2D eigenvalue weighted by molar-refractivity contribution is -0.111. The van der Waals surface area contributed by atoms with Gasteiger partial charge in [-0.25, -0.2) is 0 Å². The van der Waals surface area contributed by atoms with Crippen LogP contribution in [0.25, 0.3) is 6.08 Å². The average molecular weight is 522 g/mol. The number of ether oxygens (including phenoxy) is 2. The Morgan fingerprint density at radius 1 is 1.03 bits per heavy atom. The van der Waals surface area contributed by atoms with Crippen LogP contribution in [0.15, 0.2) is 79.0 Å². The van der Waals surface area contributed by atoms with E-state index < -0.39 is 0 Å². The molecule has 1 N–H and O–H groups in total. The van der Waals surface area contributed by atoms with Crippen molar-refractivity contribution >= 4 is 41.0 Å². The molecule has 3 aromatic carbocycles. The third-order valence-corrected chi connectivity index (χ3v) is 6.19. The summed E-state index contributed by atoms with van der Waals surface area (Å²) in [6, 6.07) is 20.6. The molecule has 1 heterocycles. The molecular weight excluding hydrogens is 497 g/mol. The van der Waals surface area contributed by atoms with E-state index in [1.54, 1.807) is 48.3 Å². The summed E-state index contributed by atoms with van der Waals surface area (Å²) in [5.41, 5.74) is 3.54. The molecule has 4 aromatic rings. The second-order valence-electron chi connectivity index (χ2n) is 8.05. The number of nitrogens with one attached hydrogen (secondary N) is 1. The van der Waals surface area contributed by atoms with Crippen LogP contribution in [0.5, 0.6) is 11.5 Å². The number of rotatable bonds is 9. The number of carbonyl (C=O) groups excluding carboxylic acids is 1. The summed E-state index contributed by atoms with van der Waals surface area (Å²) in [6.07, 6.45) is 4.94. The summed E-state index contributed by atoms with van der Waals surface area (Å²) in [5.74, 6) is 1.66. The zero-order valence-electron chi connectivity index (χ0n) is 19.9. The number of nitrogens with zero attached hydrogens (tertiary/aromatic N) is 2. The van der Waals surface area contributed by atoms with Gasteiger partial charge in [-0.05, 0) is 54.5 Å². The van der Waals surface area contributed by atoms with E-state index in [0.717, 1.165) is 28.0 Å². The number of hydrogen-bond acceptors (Lipinski definition) is 4. The molecule has 4 rings (SSSR count). The minimum Gasteiger partial charge on any atom is -0.496 e. The molecule has 0 atom stereocenters. The lowest BCUT2D eigenvalue weighted by Gasteiger charge is -2.12. The first-order valence-electron chi connectivity index (χ1n) is 11.2. The topological polar surface area (TPSA) is 65.4 Å². The predicted octanol–water partition coefficient (Wildman–Crippen LogP) is 6.79. The van der Waals surface area contributed by atoms with Crippen molar-refractivity contribution in [1.82, 2.24) is 9.78 Å². The summed E-state index contributed by atoms with van der Waals surface area (Å²) in [5, 5.41) is 8.27. The summed E-state index contributed by atoms with van der Waals surface area (Å²) in [7, 11) is 1.62. The Hall–Kier alpha value is -3.74. The molecule has 36 heavy (non-hydrogen) atoms. The lowest BCUT2D eigenvalue weighted by atomic mass is 10.1. The maximum atomic E-state index is 12.5. The number of aromatic nitrogens is 2. The molecule has 0 aliphatic rings. The molecule has 0 aliphatic heterocycles.